The Bertz CT molecular complexity index is 350. The topological polar surface area (TPSA) is 49.3 Å². The zero-order valence-electron chi connectivity index (χ0n) is 8.13. The Balaban J connectivity index is 2.67. The average molecular weight is 276 g/mol. The molecule has 5 heteroatoms. The van der Waals surface area contributed by atoms with E-state index >= 15 is 0 Å². The van der Waals surface area contributed by atoms with Crippen molar-refractivity contribution in [3.05, 3.63) is 28.5 Å². The smallest absolute Gasteiger partial charge is 0.305 e. The van der Waals surface area contributed by atoms with E-state index in [1.54, 1.807) is 13.0 Å². The van der Waals surface area contributed by atoms with Crippen LogP contribution in [0.5, 0.6) is 0 Å². The van der Waals surface area contributed by atoms with Crippen molar-refractivity contribution in [2.75, 3.05) is 5.32 Å². The highest BCUT2D eigenvalue weighted by Crippen LogP contribution is 2.19. The second-order valence-electron chi connectivity index (χ2n) is 3.30. The molecule has 1 unspecified atom stereocenters. The van der Waals surface area contributed by atoms with Gasteiger partial charge in [-0.05, 0) is 25.1 Å². The van der Waals surface area contributed by atoms with Gasteiger partial charge in [0, 0.05) is 16.2 Å². The number of anilines is 1. The Morgan fingerprint density at radius 2 is 2.27 bits per heavy atom. The molecule has 0 fully saturated rings. The summed E-state index contributed by atoms with van der Waals surface area (Å²) < 4.78 is 13.6. The summed E-state index contributed by atoms with van der Waals surface area (Å²) in [5.41, 5.74) is 0.565. The number of carbonyl (C=O) groups is 1. The van der Waals surface area contributed by atoms with Crippen LogP contribution in [0, 0.1) is 5.82 Å². The molecule has 0 aliphatic rings. The van der Waals surface area contributed by atoms with Crippen LogP contribution >= 0.6 is 15.9 Å². The van der Waals surface area contributed by atoms with E-state index in [-0.39, 0.29) is 18.3 Å². The van der Waals surface area contributed by atoms with Crippen molar-refractivity contribution in [3.8, 4) is 0 Å². The summed E-state index contributed by atoms with van der Waals surface area (Å²) >= 11 is 3.16. The first-order valence-electron chi connectivity index (χ1n) is 4.42. The van der Waals surface area contributed by atoms with Crippen molar-refractivity contribution in [1.82, 2.24) is 0 Å². The summed E-state index contributed by atoms with van der Waals surface area (Å²) in [7, 11) is 0. The molecule has 2 N–H and O–H groups in total. The number of hydrogen-bond acceptors (Lipinski definition) is 2. The van der Waals surface area contributed by atoms with Gasteiger partial charge < -0.3 is 10.4 Å². The predicted molar refractivity (Wildman–Crippen MR) is 59.4 cm³/mol. The monoisotopic (exact) mass is 275 g/mol. The Morgan fingerprint density at radius 3 is 2.80 bits per heavy atom. The maximum atomic E-state index is 13.0. The summed E-state index contributed by atoms with van der Waals surface area (Å²) in [6.45, 7) is 1.73. The van der Waals surface area contributed by atoms with Gasteiger partial charge in [0.05, 0.1) is 6.42 Å². The van der Waals surface area contributed by atoms with Crippen molar-refractivity contribution >= 4 is 27.6 Å². The maximum absolute atomic E-state index is 13.0. The fourth-order valence-electron chi connectivity index (χ4n) is 1.23. The molecule has 0 saturated heterocycles. The maximum Gasteiger partial charge on any atom is 0.305 e. The van der Waals surface area contributed by atoms with E-state index in [9.17, 15) is 9.18 Å². The zero-order chi connectivity index (χ0) is 11.4. The lowest BCUT2D eigenvalue weighted by molar-refractivity contribution is -0.137. The SMILES string of the molecule is CC(CC(=O)O)Nc1cc(F)cc(Br)c1. The molecule has 15 heavy (non-hydrogen) atoms. The van der Waals surface area contributed by atoms with Gasteiger partial charge >= 0.3 is 5.97 Å². The molecule has 0 radical (unpaired) electrons. The van der Waals surface area contributed by atoms with Crippen molar-refractivity contribution < 1.29 is 14.3 Å². The van der Waals surface area contributed by atoms with Gasteiger partial charge in [0.25, 0.3) is 0 Å². The molecule has 82 valence electrons. The van der Waals surface area contributed by atoms with Gasteiger partial charge in [-0.15, -0.1) is 0 Å². The summed E-state index contributed by atoms with van der Waals surface area (Å²) in [6, 6.07) is 4.12. The van der Waals surface area contributed by atoms with E-state index in [1.807, 2.05) is 0 Å². The fraction of sp³-hybridized carbons (Fsp3) is 0.300. The minimum absolute atomic E-state index is 0.00582. The fourth-order valence-corrected chi connectivity index (χ4v) is 1.70. The number of rotatable bonds is 4. The molecule has 0 spiro atoms. The Labute approximate surface area is 95.4 Å². The van der Waals surface area contributed by atoms with Gasteiger partial charge in [0.2, 0.25) is 0 Å². The number of halogens is 2. The third-order valence-electron chi connectivity index (χ3n) is 1.76. The van der Waals surface area contributed by atoms with Crippen LogP contribution in [0.2, 0.25) is 0 Å². The van der Waals surface area contributed by atoms with Gasteiger partial charge in [-0.3, -0.25) is 4.79 Å². The first-order chi connectivity index (χ1) is 6.97. The normalized spacial score (nSPS) is 12.2. The van der Waals surface area contributed by atoms with Gasteiger partial charge in [0.1, 0.15) is 5.82 Å². The highest BCUT2D eigenvalue weighted by Gasteiger charge is 2.08. The Morgan fingerprint density at radius 1 is 1.60 bits per heavy atom. The number of aliphatic carboxylic acids is 1. The molecule has 0 amide bonds. The molecule has 0 aliphatic heterocycles. The van der Waals surface area contributed by atoms with Gasteiger partial charge in [-0.2, -0.15) is 0 Å². The van der Waals surface area contributed by atoms with Crippen LogP contribution in [-0.4, -0.2) is 17.1 Å². The van der Waals surface area contributed by atoms with Crippen LogP contribution < -0.4 is 5.32 Å². The molecule has 1 rings (SSSR count). The molecule has 0 aliphatic carbocycles. The van der Waals surface area contributed by atoms with Crippen molar-refractivity contribution in [1.29, 1.82) is 0 Å². The lowest BCUT2D eigenvalue weighted by Crippen LogP contribution is -2.19. The molecule has 0 heterocycles. The highest BCUT2D eigenvalue weighted by atomic mass is 79.9. The van der Waals surface area contributed by atoms with E-state index < -0.39 is 5.97 Å². The van der Waals surface area contributed by atoms with Crippen LogP contribution in [0.1, 0.15) is 13.3 Å². The lowest BCUT2D eigenvalue weighted by atomic mass is 10.2. The van der Waals surface area contributed by atoms with Crippen molar-refractivity contribution in [3.63, 3.8) is 0 Å². The second kappa shape index (κ2) is 5.11. The quantitative estimate of drug-likeness (QED) is 0.889. The number of hydrogen-bond donors (Lipinski definition) is 2. The molecule has 1 aromatic rings. The highest BCUT2D eigenvalue weighted by molar-refractivity contribution is 9.10. The van der Waals surface area contributed by atoms with Gasteiger partial charge in [-0.1, -0.05) is 15.9 Å². The van der Waals surface area contributed by atoms with Gasteiger partial charge in [-0.25, -0.2) is 4.39 Å². The predicted octanol–water partition coefficient (Wildman–Crippen LogP) is 2.86. The minimum atomic E-state index is -0.884. The van der Waals surface area contributed by atoms with Crippen molar-refractivity contribution in [2.45, 2.75) is 19.4 Å². The second-order valence-corrected chi connectivity index (χ2v) is 4.22. The molecule has 0 bridgehead atoms. The van der Waals surface area contributed by atoms with E-state index in [1.165, 1.54) is 12.1 Å². The van der Waals surface area contributed by atoms with E-state index in [4.69, 9.17) is 5.11 Å². The number of carboxylic acid groups (broad SMARTS) is 1. The van der Waals surface area contributed by atoms with Crippen LogP contribution in [0.15, 0.2) is 22.7 Å². The lowest BCUT2D eigenvalue weighted by Gasteiger charge is -2.13. The molecular formula is C10H11BrFNO2. The van der Waals surface area contributed by atoms with Crippen LogP contribution in [0.25, 0.3) is 0 Å². The third kappa shape index (κ3) is 4.29. The summed E-state index contributed by atoms with van der Waals surface area (Å²) in [5, 5.41) is 11.5. The molecule has 3 nitrogen and oxygen atoms in total. The third-order valence-corrected chi connectivity index (χ3v) is 2.21. The number of carboxylic acids is 1. The first-order valence-corrected chi connectivity index (χ1v) is 5.21. The molecule has 1 atom stereocenters. The molecule has 1 aromatic carbocycles. The molecule has 0 aromatic heterocycles. The van der Waals surface area contributed by atoms with Crippen molar-refractivity contribution in [2.24, 2.45) is 0 Å². The minimum Gasteiger partial charge on any atom is -0.481 e. The Kier molecular flexibility index (Phi) is 4.08. The van der Waals surface area contributed by atoms with E-state index in [2.05, 4.69) is 21.2 Å². The Hall–Kier alpha value is -1.10. The number of nitrogens with one attached hydrogen (secondary N) is 1. The standard InChI is InChI=1S/C10H11BrFNO2/c1-6(2-10(14)15)13-9-4-7(11)3-8(12)5-9/h3-6,13H,2H2,1H3,(H,14,15). The van der Waals surface area contributed by atoms with Crippen LogP contribution in [0.3, 0.4) is 0 Å². The summed E-state index contributed by atoms with van der Waals surface area (Å²) in [6.07, 6.45) is -0.00582. The van der Waals surface area contributed by atoms with E-state index in [0.717, 1.165) is 0 Å². The summed E-state index contributed by atoms with van der Waals surface area (Å²) in [4.78, 5) is 10.4. The largest absolute Gasteiger partial charge is 0.481 e. The van der Waals surface area contributed by atoms with E-state index in [0.29, 0.717) is 10.2 Å². The molecular weight excluding hydrogens is 265 g/mol. The van der Waals surface area contributed by atoms with Gasteiger partial charge in [0.15, 0.2) is 0 Å². The summed E-state index contributed by atoms with van der Waals surface area (Å²) in [5.74, 6) is -1.25. The van der Waals surface area contributed by atoms with Crippen LogP contribution in [-0.2, 0) is 4.79 Å². The average Bonchev–Trinajstić information content (AvgIpc) is 1.98. The van der Waals surface area contributed by atoms with Crippen LogP contribution in [0.4, 0.5) is 10.1 Å². The zero-order valence-corrected chi connectivity index (χ0v) is 9.71. The first kappa shape index (κ1) is 12.0. The molecule has 0 saturated carbocycles. The number of benzene rings is 1.